The predicted octanol–water partition coefficient (Wildman–Crippen LogP) is 1.00. The highest BCUT2D eigenvalue weighted by molar-refractivity contribution is 5.07. The number of hydrogen-bond acceptors (Lipinski definition) is 1. The van der Waals surface area contributed by atoms with Crippen LogP contribution in [0.2, 0.25) is 0 Å². The zero-order chi connectivity index (χ0) is 7.61. The van der Waals surface area contributed by atoms with E-state index >= 15 is 0 Å². The van der Waals surface area contributed by atoms with Crippen LogP contribution in [0.3, 0.4) is 0 Å². The van der Waals surface area contributed by atoms with Crippen molar-refractivity contribution in [1.29, 1.82) is 0 Å². The summed E-state index contributed by atoms with van der Waals surface area (Å²) in [5.41, 5.74) is 0. The highest BCUT2D eigenvalue weighted by Gasteiger charge is 1.86. The summed E-state index contributed by atoms with van der Waals surface area (Å²) in [7, 11) is 0. The number of hydrogen-bond donors (Lipinski definition) is 0. The van der Waals surface area contributed by atoms with Crippen LogP contribution in [0.15, 0.2) is 24.4 Å². The summed E-state index contributed by atoms with van der Waals surface area (Å²) in [6.07, 6.45) is 6.94. The van der Waals surface area contributed by atoms with Crippen LogP contribution < -0.4 is 0 Å². The minimum Gasteiger partial charge on any atom is -0.377 e. The molecular formula is C6H9N. The Labute approximate surface area is 48.2 Å². The molecule has 0 fully saturated rings. The maximum absolute atomic E-state index is 7.00. The molecule has 0 N–H and O–H groups in total. The lowest BCUT2D eigenvalue weighted by Crippen LogP contribution is -2.11. The van der Waals surface area contributed by atoms with Crippen molar-refractivity contribution in [2.24, 2.45) is 0 Å². The number of nitrogens with zero attached hydrogens (tertiary/aromatic N) is 1. The lowest BCUT2D eigenvalue weighted by Gasteiger charge is -2.11. The molecular weight excluding hydrogens is 86.1 g/mol. The van der Waals surface area contributed by atoms with E-state index in [1.165, 1.54) is 4.90 Å². The molecule has 0 unspecified atom stereocenters. The van der Waals surface area contributed by atoms with Gasteiger partial charge in [-0.1, -0.05) is 12.2 Å². The van der Waals surface area contributed by atoms with E-state index in [2.05, 4.69) is 0 Å². The van der Waals surface area contributed by atoms with Gasteiger partial charge in [-0.25, -0.2) is 0 Å². The summed E-state index contributed by atoms with van der Waals surface area (Å²) >= 11 is 0. The van der Waals surface area contributed by atoms with Crippen LogP contribution in [0.25, 0.3) is 0 Å². The Balaban J connectivity index is 2.60. The monoisotopic (exact) mass is 98.1 g/mol. The molecule has 0 radical (unpaired) electrons. The molecule has 1 heteroatoms. The van der Waals surface area contributed by atoms with E-state index < -0.39 is 6.98 Å². The van der Waals surface area contributed by atoms with Gasteiger partial charge in [0.15, 0.2) is 0 Å². The highest BCUT2D eigenvalue weighted by atomic mass is 15.1. The Kier molecular flexibility index (Phi) is 0.530. The van der Waals surface area contributed by atoms with Gasteiger partial charge in [0, 0.05) is 17.6 Å². The molecule has 1 rings (SSSR count). The van der Waals surface area contributed by atoms with Crippen LogP contribution in [-0.2, 0) is 0 Å². The first-order valence-electron chi connectivity index (χ1n) is 3.71. The van der Waals surface area contributed by atoms with Crippen molar-refractivity contribution in [3.63, 3.8) is 0 Å². The van der Waals surface area contributed by atoms with Gasteiger partial charge in [-0.2, -0.15) is 0 Å². The Morgan fingerprint density at radius 3 is 3.14 bits per heavy atom. The first-order chi connectivity index (χ1) is 4.61. The van der Waals surface area contributed by atoms with Crippen molar-refractivity contribution in [3.8, 4) is 0 Å². The Morgan fingerprint density at radius 2 is 2.71 bits per heavy atom. The molecule has 1 nitrogen and oxygen atoms in total. The van der Waals surface area contributed by atoms with E-state index in [1.807, 2.05) is 12.2 Å². The average molecular weight is 98.2 g/mol. The molecule has 7 heavy (non-hydrogen) atoms. The van der Waals surface area contributed by atoms with Gasteiger partial charge >= 0.3 is 0 Å². The van der Waals surface area contributed by atoms with Crippen LogP contribution in [0.5, 0.6) is 0 Å². The van der Waals surface area contributed by atoms with Crippen molar-refractivity contribution >= 4 is 0 Å². The first kappa shape index (κ1) is 2.03. The molecule has 0 atom stereocenters. The fraction of sp³-hybridized carbons (Fsp3) is 0.333. The molecule has 0 aromatic rings. The summed E-state index contributed by atoms with van der Waals surface area (Å²) in [4.78, 5) is 1.31. The van der Waals surface area contributed by atoms with E-state index in [-0.39, 0.29) is 0 Å². The Hall–Kier alpha value is -0.720. The van der Waals surface area contributed by atoms with E-state index in [0.29, 0.717) is 6.54 Å². The maximum atomic E-state index is 7.00. The second-order valence-corrected chi connectivity index (χ2v) is 1.42. The van der Waals surface area contributed by atoms with Crippen molar-refractivity contribution in [1.82, 2.24) is 4.90 Å². The van der Waals surface area contributed by atoms with Crippen LogP contribution in [-0.4, -0.2) is 18.4 Å². The van der Waals surface area contributed by atoms with Gasteiger partial charge in [0.05, 0.1) is 0 Å². The lowest BCUT2D eigenvalue weighted by atomic mass is 10.4. The second kappa shape index (κ2) is 1.82. The van der Waals surface area contributed by atoms with Crippen LogP contribution >= 0.6 is 0 Å². The van der Waals surface area contributed by atoms with Crippen LogP contribution in [0.1, 0.15) is 4.11 Å². The summed E-state index contributed by atoms with van der Waals surface area (Å²) < 4.78 is 21.0. The third-order valence-electron chi connectivity index (χ3n) is 0.815. The van der Waals surface area contributed by atoms with Crippen LogP contribution in [0.4, 0.5) is 0 Å². The topological polar surface area (TPSA) is 3.24 Å². The maximum Gasteiger partial charge on any atom is 0.0456 e. The summed E-state index contributed by atoms with van der Waals surface area (Å²) in [6.45, 7) is -1.51. The summed E-state index contributed by atoms with van der Waals surface area (Å²) in [6, 6.07) is 0. The van der Waals surface area contributed by atoms with Crippen molar-refractivity contribution in [3.05, 3.63) is 24.4 Å². The lowest BCUT2D eigenvalue weighted by molar-refractivity contribution is 0.505. The van der Waals surface area contributed by atoms with Gasteiger partial charge in [-0.15, -0.1) is 0 Å². The molecule has 38 valence electrons. The quantitative estimate of drug-likeness (QED) is 0.437. The molecule has 0 aromatic carbocycles. The van der Waals surface area contributed by atoms with Gasteiger partial charge in [-0.3, -0.25) is 0 Å². The molecule has 0 aliphatic carbocycles. The molecule has 0 bridgehead atoms. The summed E-state index contributed by atoms with van der Waals surface area (Å²) in [5, 5.41) is 0. The largest absolute Gasteiger partial charge is 0.377 e. The molecule has 1 heterocycles. The van der Waals surface area contributed by atoms with Gasteiger partial charge in [-0.05, 0) is 12.3 Å². The van der Waals surface area contributed by atoms with E-state index in [0.717, 1.165) is 0 Å². The molecule has 0 spiro atoms. The van der Waals surface area contributed by atoms with Gasteiger partial charge < -0.3 is 4.90 Å². The molecule has 0 saturated carbocycles. The fourth-order valence-corrected chi connectivity index (χ4v) is 0.467. The minimum absolute atomic E-state index is 0.479. The zero-order valence-corrected chi connectivity index (χ0v) is 3.96. The van der Waals surface area contributed by atoms with Crippen molar-refractivity contribution in [2.75, 3.05) is 13.5 Å². The Bertz CT molecular complexity index is 168. The average Bonchev–Trinajstić information content (AvgIpc) is 1.88. The fourth-order valence-electron chi connectivity index (χ4n) is 0.467. The molecule has 0 aromatic heterocycles. The smallest absolute Gasteiger partial charge is 0.0456 e. The third kappa shape index (κ3) is 1.07. The zero-order valence-electron chi connectivity index (χ0n) is 6.96. The van der Waals surface area contributed by atoms with Gasteiger partial charge in [0.2, 0.25) is 0 Å². The van der Waals surface area contributed by atoms with Gasteiger partial charge in [0.25, 0.3) is 0 Å². The highest BCUT2D eigenvalue weighted by Crippen LogP contribution is 1.91. The predicted molar refractivity (Wildman–Crippen MR) is 30.9 cm³/mol. The third-order valence-corrected chi connectivity index (χ3v) is 0.815. The number of likely N-dealkylation sites (N-methyl/N-ethyl adjacent to an activating group) is 1. The minimum atomic E-state index is -1.98. The molecule has 0 amide bonds. The van der Waals surface area contributed by atoms with E-state index in [4.69, 9.17) is 4.11 Å². The van der Waals surface area contributed by atoms with E-state index in [9.17, 15) is 0 Å². The molecule has 1 aliphatic rings. The normalized spacial score (nSPS) is 26.3. The SMILES string of the molecule is [2H]C([2H])([2H])N1C=CC=CC1. The van der Waals surface area contributed by atoms with Crippen LogP contribution in [0, 0.1) is 0 Å². The molecule has 1 aliphatic heterocycles. The van der Waals surface area contributed by atoms with Crippen molar-refractivity contribution < 1.29 is 4.11 Å². The standard InChI is InChI=1S/C6H9N/c1-7-5-3-2-4-6-7/h2-5H,6H2,1H3/i1D3. The Morgan fingerprint density at radius 1 is 1.71 bits per heavy atom. The second-order valence-electron chi connectivity index (χ2n) is 1.42. The summed E-state index contributed by atoms with van der Waals surface area (Å²) in [5.74, 6) is 0. The van der Waals surface area contributed by atoms with E-state index in [1.54, 1.807) is 12.3 Å². The number of allylic oxidation sites excluding steroid dienone is 2. The van der Waals surface area contributed by atoms with Gasteiger partial charge in [0.1, 0.15) is 0 Å². The van der Waals surface area contributed by atoms with Crippen molar-refractivity contribution in [2.45, 2.75) is 0 Å². The first-order valence-corrected chi connectivity index (χ1v) is 2.21. The molecule has 0 saturated heterocycles. The number of rotatable bonds is 0.